The zero-order chi connectivity index (χ0) is 10.1. The summed E-state index contributed by atoms with van der Waals surface area (Å²) < 4.78 is 0. The van der Waals surface area contributed by atoms with Crippen LogP contribution in [0.2, 0.25) is 0 Å². The van der Waals surface area contributed by atoms with E-state index in [1.54, 1.807) is 6.07 Å². The fraction of sp³-hybridized carbons (Fsp3) is 0.500. The molecule has 1 aromatic heterocycles. The van der Waals surface area contributed by atoms with Crippen molar-refractivity contribution in [1.29, 1.82) is 0 Å². The molecule has 13 heavy (non-hydrogen) atoms. The van der Waals surface area contributed by atoms with Gasteiger partial charge in [0.15, 0.2) is 0 Å². The summed E-state index contributed by atoms with van der Waals surface area (Å²) in [5.41, 5.74) is 0.223. The number of thiophene rings is 1. The van der Waals surface area contributed by atoms with E-state index < -0.39 is 5.97 Å². The Hall–Kier alpha value is -0.830. The lowest BCUT2D eigenvalue weighted by atomic mass is 9.92. The minimum atomic E-state index is -0.829. The Morgan fingerprint density at radius 3 is 2.46 bits per heavy atom. The largest absolute Gasteiger partial charge is 0.477 e. The van der Waals surface area contributed by atoms with Gasteiger partial charge in [-0.1, -0.05) is 20.8 Å². The number of aromatic carboxylic acids is 1. The molecular weight excluding hydrogens is 184 g/mol. The fourth-order valence-electron chi connectivity index (χ4n) is 1.11. The third-order valence-corrected chi connectivity index (χ3v) is 2.65. The van der Waals surface area contributed by atoms with E-state index >= 15 is 0 Å². The van der Waals surface area contributed by atoms with Crippen LogP contribution in [0.5, 0.6) is 0 Å². The van der Waals surface area contributed by atoms with Gasteiger partial charge in [0.05, 0.1) is 0 Å². The van der Waals surface area contributed by atoms with E-state index in [-0.39, 0.29) is 5.41 Å². The second-order valence-corrected chi connectivity index (χ2v) is 5.48. The lowest BCUT2D eigenvalue weighted by molar-refractivity contribution is 0.0702. The predicted octanol–water partition coefficient (Wildman–Crippen LogP) is 3.03. The molecule has 3 heteroatoms. The van der Waals surface area contributed by atoms with Crippen LogP contribution < -0.4 is 0 Å². The molecule has 0 bridgehead atoms. The van der Waals surface area contributed by atoms with Crippen LogP contribution in [0.1, 0.15) is 35.3 Å². The highest BCUT2D eigenvalue weighted by Crippen LogP contribution is 2.25. The standard InChI is InChI=1S/C10H14O2S/c1-10(2,3)6-7-4-5-8(13-7)9(11)12/h4-5H,6H2,1-3H3,(H,11,12). The minimum absolute atomic E-state index is 0.223. The highest BCUT2D eigenvalue weighted by Gasteiger charge is 2.14. The van der Waals surface area contributed by atoms with E-state index in [1.807, 2.05) is 6.07 Å². The summed E-state index contributed by atoms with van der Waals surface area (Å²) in [6, 6.07) is 3.58. The summed E-state index contributed by atoms with van der Waals surface area (Å²) in [6.07, 6.45) is 0.935. The van der Waals surface area contributed by atoms with Crippen molar-refractivity contribution >= 4 is 17.3 Å². The van der Waals surface area contributed by atoms with Crippen LogP contribution in [-0.4, -0.2) is 11.1 Å². The lowest BCUT2D eigenvalue weighted by Crippen LogP contribution is -2.07. The fourth-order valence-corrected chi connectivity index (χ4v) is 2.26. The number of carboxylic acids is 1. The Labute approximate surface area is 82.2 Å². The van der Waals surface area contributed by atoms with Crippen molar-refractivity contribution in [1.82, 2.24) is 0 Å². The Balaban J connectivity index is 2.75. The molecule has 1 aromatic rings. The van der Waals surface area contributed by atoms with E-state index in [1.165, 1.54) is 11.3 Å². The first-order chi connectivity index (χ1) is 5.88. The number of hydrogen-bond donors (Lipinski definition) is 1. The van der Waals surface area contributed by atoms with Crippen LogP contribution >= 0.6 is 11.3 Å². The van der Waals surface area contributed by atoms with Gasteiger partial charge < -0.3 is 5.11 Å². The van der Waals surface area contributed by atoms with Crippen LogP contribution in [0.3, 0.4) is 0 Å². The molecule has 0 unspecified atom stereocenters. The molecule has 0 aliphatic heterocycles. The molecule has 1 N–H and O–H groups in total. The van der Waals surface area contributed by atoms with Crippen LogP contribution in [0.4, 0.5) is 0 Å². The van der Waals surface area contributed by atoms with Crippen molar-refractivity contribution in [2.75, 3.05) is 0 Å². The zero-order valence-electron chi connectivity index (χ0n) is 8.13. The maximum Gasteiger partial charge on any atom is 0.345 e. The lowest BCUT2D eigenvalue weighted by Gasteiger charge is -2.16. The van der Waals surface area contributed by atoms with E-state index in [0.717, 1.165) is 11.3 Å². The molecule has 0 atom stereocenters. The average Bonchev–Trinajstić information content (AvgIpc) is 2.31. The van der Waals surface area contributed by atoms with Gasteiger partial charge >= 0.3 is 5.97 Å². The Bertz CT molecular complexity index is 307. The predicted molar refractivity (Wildman–Crippen MR) is 54.4 cm³/mol. The number of hydrogen-bond acceptors (Lipinski definition) is 2. The molecule has 0 saturated heterocycles. The first kappa shape index (κ1) is 10.3. The minimum Gasteiger partial charge on any atom is -0.477 e. The van der Waals surface area contributed by atoms with Gasteiger partial charge in [-0.2, -0.15) is 0 Å². The van der Waals surface area contributed by atoms with Crippen molar-refractivity contribution < 1.29 is 9.90 Å². The molecule has 0 aliphatic carbocycles. The van der Waals surface area contributed by atoms with Gasteiger partial charge in [0.25, 0.3) is 0 Å². The molecule has 0 saturated carbocycles. The monoisotopic (exact) mass is 198 g/mol. The molecule has 0 aliphatic rings. The summed E-state index contributed by atoms with van der Waals surface area (Å²) in [7, 11) is 0. The Kier molecular flexibility index (Phi) is 2.76. The van der Waals surface area contributed by atoms with Gasteiger partial charge in [-0.3, -0.25) is 0 Å². The van der Waals surface area contributed by atoms with Crippen LogP contribution in [-0.2, 0) is 6.42 Å². The summed E-state index contributed by atoms with van der Waals surface area (Å²) >= 11 is 1.37. The van der Waals surface area contributed by atoms with Crippen molar-refractivity contribution in [2.45, 2.75) is 27.2 Å². The van der Waals surface area contributed by atoms with Crippen LogP contribution in [0, 0.1) is 5.41 Å². The van der Waals surface area contributed by atoms with Gasteiger partial charge in [0.2, 0.25) is 0 Å². The molecule has 0 fully saturated rings. The van der Waals surface area contributed by atoms with Gasteiger partial charge in [-0.25, -0.2) is 4.79 Å². The van der Waals surface area contributed by atoms with E-state index in [2.05, 4.69) is 20.8 Å². The molecule has 1 rings (SSSR count). The Morgan fingerprint density at radius 2 is 2.08 bits per heavy atom. The summed E-state index contributed by atoms with van der Waals surface area (Å²) in [5, 5.41) is 8.71. The van der Waals surface area contributed by atoms with Gasteiger partial charge in [-0.05, 0) is 24.0 Å². The smallest absolute Gasteiger partial charge is 0.345 e. The molecule has 0 spiro atoms. The van der Waals surface area contributed by atoms with Crippen molar-refractivity contribution in [3.05, 3.63) is 21.9 Å². The normalized spacial score (nSPS) is 11.6. The van der Waals surface area contributed by atoms with Gasteiger partial charge in [0, 0.05) is 4.88 Å². The Morgan fingerprint density at radius 1 is 1.46 bits per heavy atom. The number of rotatable bonds is 2. The second kappa shape index (κ2) is 3.50. The zero-order valence-corrected chi connectivity index (χ0v) is 8.94. The third-order valence-electron chi connectivity index (χ3n) is 1.58. The van der Waals surface area contributed by atoms with E-state index in [4.69, 9.17) is 5.11 Å². The third kappa shape index (κ3) is 3.19. The summed E-state index contributed by atoms with van der Waals surface area (Å²) in [5.74, 6) is -0.829. The molecular formula is C10H14O2S. The topological polar surface area (TPSA) is 37.3 Å². The first-order valence-corrected chi connectivity index (χ1v) is 5.02. The molecule has 72 valence electrons. The molecule has 0 radical (unpaired) electrons. The van der Waals surface area contributed by atoms with Crippen molar-refractivity contribution in [3.63, 3.8) is 0 Å². The van der Waals surface area contributed by atoms with Gasteiger partial charge in [-0.15, -0.1) is 11.3 Å². The highest BCUT2D eigenvalue weighted by atomic mass is 32.1. The molecule has 0 aromatic carbocycles. The van der Waals surface area contributed by atoms with Crippen LogP contribution in [0.25, 0.3) is 0 Å². The number of carbonyl (C=O) groups is 1. The quantitative estimate of drug-likeness (QED) is 0.793. The van der Waals surface area contributed by atoms with Crippen molar-refractivity contribution in [3.8, 4) is 0 Å². The average molecular weight is 198 g/mol. The molecule has 1 heterocycles. The van der Waals surface area contributed by atoms with Crippen molar-refractivity contribution in [2.24, 2.45) is 5.41 Å². The maximum absolute atomic E-state index is 10.6. The second-order valence-electron chi connectivity index (χ2n) is 4.31. The van der Waals surface area contributed by atoms with Gasteiger partial charge in [0.1, 0.15) is 4.88 Å². The van der Waals surface area contributed by atoms with E-state index in [9.17, 15) is 4.79 Å². The SMILES string of the molecule is CC(C)(C)Cc1ccc(C(=O)O)s1. The molecule has 2 nitrogen and oxygen atoms in total. The van der Waals surface area contributed by atoms with E-state index in [0.29, 0.717) is 4.88 Å². The highest BCUT2D eigenvalue weighted by molar-refractivity contribution is 7.13. The maximum atomic E-state index is 10.6. The molecule has 0 amide bonds. The number of carboxylic acid groups (broad SMARTS) is 1. The summed E-state index contributed by atoms with van der Waals surface area (Å²) in [4.78, 5) is 12.2. The van der Waals surface area contributed by atoms with Crippen LogP contribution in [0.15, 0.2) is 12.1 Å². The first-order valence-electron chi connectivity index (χ1n) is 4.20. The summed E-state index contributed by atoms with van der Waals surface area (Å²) in [6.45, 7) is 6.44.